The highest BCUT2D eigenvalue weighted by Gasteiger charge is 1.99. The lowest BCUT2D eigenvalue weighted by Crippen LogP contribution is -1.91. The fourth-order valence-electron chi connectivity index (χ4n) is 1.90. The summed E-state index contributed by atoms with van der Waals surface area (Å²) in [6, 6.07) is 6.78. The minimum atomic E-state index is 1.10. The Morgan fingerprint density at radius 1 is 1.20 bits per heavy atom. The van der Waals surface area contributed by atoms with Gasteiger partial charge in [0.1, 0.15) is 0 Å². The van der Waals surface area contributed by atoms with Gasteiger partial charge in [0.25, 0.3) is 0 Å². The van der Waals surface area contributed by atoms with Gasteiger partial charge in [-0.05, 0) is 36.0 Å². The first-order valence-corrected chi connectivity index (χ1v) is 6.06. The van der Waals surface area contributed by atoms with Crippen LogP contribution in [0, 0.1) is 0 Å². The van der Waals surface area contributed by atoms with Crippen LogP contribution in [0.2, 0.25) is 0 Å². The summed E-state index contributed by atoms with van der Waals surface area (Å²) in [6.07, 6.45) is 8.22. The van der Waals surface area contributed by atoms with E-state index < -0.39 is 0 Å². The molecule has 0 aromatic heterocycles. The largest absolute Gasteiger partial charge is 0.0985 e. The van der Waals surface area contributed by atoms with E-state index >= 15 is 0 Å². The summed E-state index contributed by atoms with van der Waals surface area (Å²) in [5, 5.41) is 0. The Hall–Kier alpha value is -1.04. The molecule has 0 amide bonds. The molecule has 0 fully saturated rings. The average molecular weight is 202 g/mol. The Morgan fingerprint density at radius 2 is 2.00 bits per heavy atom. The van der Waals surface area contributed by atoms with Gasteiger partial charge >= 0.3 is 0 Å². The van der Waals surface area contributed by atoms with Gasteiger partial charge in [0.2, 0.25) is 0 Å². The third kappa shape index (κ3) is 3.54. The van der Waals surface area contributed by atoms with Crippen LogP contribution in [0.15, 0.2) is 24.8 Å². The summed E-state index contributed by atoms with van der Waals surface area (Å²) in [4.78, 5) is 0. The van der Waals surface area contributed by atoms with Gasteiger partial charge in [-0.15, -0.1) is 0 Å². The molecule has 0 aliphatic carbocycles. The van der Waals surface area contributed by atoms with E-state index in [9.17, 15) is 0 Å². The van der Waals surface area contributed by atoms with Gasteiger partial charge in [0, 0.05) is 0 Å². The first-order chi connectivity index (χ1) is 7.31. The topological polar surface area (TPSA) is 0 Å². The van der Waals surface area contributed by atoms with E-state index in [0.29, 0.717) is 0 Å². The number of hydrogen-bond donors (Lipinski definition) is 0. The zero-order valence-electron chi connectivity index (χ0n) is 10.1. The van der Waals surface area contributed by atoms with Crippen LogP contribution in [-0.4, -0.2) is 0 Å². The standard InChI is InChI=1S/C15H22/c1-4-7-8-9-13-10-11-14(5-2)15(6-3)12-13/h5,10-12H,2,4,6-9H2,1,3H3. The molecule has 0 spiro atoms. The second kappa shape index (κ2) is 6.44. The van der Waals surface area contributed by atoms with E-state index in [1.807, 2.05) is 6.08 Å². The smallest absolute Gasteiger partial charge is 0.0230 e. The van der Waals surface area contributed by atoms with Gasteiger partial charge in [-0.25, -0.2) is 0 Å². The number of unbranched alkanes of at least 4 members (excludes halogenated alkanes) is 2. The Labute approximate surface area is 94.0 Å². The quantitative estimate of drug-likeness (QED) is 0.590. The molecule has 0 aliphatic heterocycles. The van der Waals surface area contributed by atoms with Gasteiger partial charge in [-0.1, -0.05) is 57.5 Å². The van der Waals surface area contributed by atoms with Crippen LogP contribution in [-0.2, 0) is 12.8 Å². The third-order valence-electron chi connectivity index (χ3n) is 2.88. The molecule has 0 bridgehead atoms. The van der Waals surface area contributed by atoms with Crippen LogP contribution in [0.5, 0.6) is 0 Å². The van der Waals surface area contributed by atoms with Gasteiger partial charge in [-0.3, -0.25) is 0 Å². The lowest BCUT2D eigenvalue weighted by atomic mass is 9.99. The molecule has 0 nitrogen and oxygen atoms in total. The van der Waals surface area contributed by atoms with Crippen LogP contribution in [0.25, 0.3) is 6.08 Å². The maximum Gasteiger partial charge on any atom is -0.0230 e. The van der Waals surface area contributed by atoms with Gasteiger partial charge in [0.15, 0.2) is 0 Å². The molecule has 82 valence electrons. The number of hydrogen-bond acceptors (Lipinski definition) is 0. The third-order valence-corrected chi connectivity index (χ3v) is 2.88. The Kier molecular flexibility index (Phi) is 5.17. The van der Waals surface area contributed by atoms with Crippen molar-refractivity contribution in [3.05, 3.63) is 41.5 Å². The lowest BCUT2D eigenvalue weighted by molar-refractivity contribution is 0.717. The summed E-state index contributed by atoms with van der Waals surface area (Å²) in [5.41, 5.74) is 4.20. The maximum atomic E-state index is 3.84. The summed E-state index contributed by atoms with van der Waals surface area (Å²) < 4.78 is 0. The van der Waals surface area contributed by atoms with E-state index in [2.05, 4.69) is 38.6 Å². The molecule has 1 aromatic carbocycles. The van der Waals surface area contributed by atoms with E-state index in [0.717, 1.165) is 6.42 Å². The monoisotopic (exact) mass is 202 g/mol. The normalized spacial score (nSPS) is 10.3. The fraction of sp³-hybridized carbons (Fsp3) is 0.467. The molecule has 0 N–H and O–H groups in total. The molecule has 0 aliphatic rings. The van der Waals surface area contributed by atoms with Crippen molar-refractivity contribution in [3.63, 3.8) is 0 Å². The summed E-state index contributed by atoms with van der Waals surface area (Å²) in [6.45, 7) is 8.30. The molecule has 0 unspecified atom stereocenters. The lowest BCUT2D eigenvalue weighted by Gasteiger charge is -2.07. The van der Waals surface area contributed by atoms with Crippen molar-refractivity contribution in [2.45, 2.75) is 46.0 Å². The molecule has 0 radical (unpaired) electrons. The predicted octanol–water partition coefficient (Wildman–Crippen LogP) is 4.62. The van der Waals surface area contributed by atoms with Crippen molar-refractivity contribution in [3.8, 4) is 0 Å². The molecule has 0 heteroatoms. The van der Waals surface area contributed by atoms with Crippen LogP contribution < -0.4 is 0 Å². The number of rotatable bonds is 6. The SMILES string of the molecule is C=Cc1ccc(CCCCC)cc1CC. The van der Waals surface area contributed by atoms with Crippen LogP contribution in [0.1, 0.15) is 49.8 Å². The highest BCUT2D eigenvalue weighted by atomic mass is 14.0. The second-order valence-corrected chi connectivity index (χ2v) is 4.05. The molecule has 1 rings (SSSR count). The van der Waals surface area contributed by atoms with E-state index in [1.165, 1.54) is 42.4 Å². The summed E-state index contributed by atoms with van der Waals surface area (Å²) >= 11 is 0. The van der Waals surface area contributed by atoms with Crippen LogP contribution in [0.3, 0.4) is 0 Å². The molecule has 0 saturated heterocycles. The van der Waals surface area contributed by atoms with Crippen molar-refractivity contribution in [2.75, 3.05) is 0 Å². The molecule has 0 atom stereocenters. The van der Waals surface area contributed by atoms with E-state index in [1.54, 1.807) is 0 Å². The number of benzene rings is 1. The second-order valence-electron chi connectivity index (χ2n) is 4.05. The van der Waals surface area contributed by atoms with Gasteiger partial charge in [-0.2, -0.15) is 0 Å². The molecule has 1 aromatic rings. The van der Waals surface area contributed by atoms with Crippen molar-refractivity contribution >= 4 is 6.08 Å². The zero-order chi connectivity index (χ0) is 11.1. The average Bonchev–Trinajstić information content (AvgIpc) is 2.29. The molecular weight excluding hydrogens is 180 g/mol. The van der Waals surface area contributed by atoms with E-state index in [-0.39, 0.29) is 0 Å². The van der Waals surface area contributed by atoms with Crippen molar-refractivity contribution in [1.82, 2.24) is 0 Å². The van der Waals surface area contributed by atoms with Gasteiger partial charge in [0.05, 0.1) is 0 Å². The minimum Gasteiger partial charge on any atom is -0.0985 e. The molecule has 15 heavy (non-hydrogen) atoms. The molecule has 0 heterocycles. The highest BCUT2D eigenvalue weighted by Crippen LogP contribution is 2.16. The highest BCUT2D eigenvalue weighted by molar-refractivity contribution is 5.52. The minimum absolute atomic E-state index is 1.10. The Balaban J connectivity index is 2.70. The maximum absolute atomic E-state index is 3.84. The van der Waals surface area contributed by atoms with Crippen LogP contribution >= 0.6 is 0 Å². The Bertz CT molecular complexity index is 310. The summed E-state index contributed by atoms with van der Waals surface area (Å²) in [7, 11) is 0. The van der Waals surface area contributed by atoms with Crippen LogP contribution in [0.4, 0.5) is 0 Å². The predicted molar refractivity (Wildman–Crippen MR) is 69.1 cm³/mol. The van der Waals surface area contributed by atoms with Crippen molar-refractivity contribution in [1.29, 1.82) is 0 Å². The zero-order valence-corrected chi connectivity index (χ0v) is 10.1. The Morgan fingerprint density at radius 3 is 2.60 bits per heavy atom. The first kappa shape index (κ1) is 12.0. The fourth-order valence-corrected chi connectivity index (χ4v) is 1.90. The van der Waals surface area contributed by atoms with E-state index in [4.69, 9.17) is 0 Å². The van der Waals surface area contributed by atoms with Crippen molar-refractivity contribution in [2.24, 2.45) is 0 Å². The molecular formula is C15H22. The van der Waals surface area contributed by atoms with Crippen molar-refractivity contribution < 1.29 is 0 Å². The number of aryl methyl sites for hydroxylation is 2. The first-order valence-electron chi connectivity index (χ1n) is 6.06. The van der Waals surface area contributed by atoms with Gasteiger partial charge < -0.3 is 0 Å². The molecule has 0 saturated carbocycles. The summed E-state index contributed by atoms with van der Waals surface area (Å²) in [5.74, 6) is 0.